The molecule has 7 nitrogen and oxygen atoms in total. The van der Waals surface area contributed by atoms with Crippen LogP contribution < -0.4 is 5.48 Å². The standard InChI is InChI=1S/C15H21F2NO6S/c1-15(2,3)23-14(19)18-22-6-5-13(24-25(4,20)21)10-7-11(16)9-12(17)8-10/h7-9,13H,5-6H2,1-4H3,(H,18,19)/t13-/m0/s1. The lowest BCUT2D eigenvalue weighted by Crippen LogP contribution is -2.33. The lowest BCUT2D eigenvalue weighted by Gasteiger charge is -2.20. The van der Waals surface area contributed by atoms with E-state index in [9.17, 15) is 22.0 Å². The Kier molecular flexibility index (Phi) is 7.27. The maximum absolute atomic E-state index is 13.3. The SMILES string of the molecule is CC(C)(C)OC(=O)NOCC[C@H](OS(C)(=O)=O)c1cc(F)cc(F)c1. The molecule has 25 heavy (non-hydrogen) atoms. The lowest BCUT2D eigenvalue weighted by atomic mass is 10.1. The predicted molar refractivity (Wildman–Crippen MR) is 85.0 cm³/mol. The normalized spacial score (nSPS) is 13.4. The van der Waals surface area contributed by atoms with Gasteiger partial charge < -0.3 is 4.74 Å². The molecule has 0 aliphatic heterocycles. The van der Waals surface area contributed by atoms with Gasteiger partial charge in [-0.3, -0.25) is 9.02 Å². The molecule has 0 saturated carbocycles. The van der Waals surface area contributed by atoms with Crippen LogP contribution in [-0.2, 0) is 23.9 Å². The zero-order chi connectivity index (χ0) is 19.3. The van der Waals surface area contributed by atoms with Crippen molar-refractivity contribution in [1.82, 2.24) is 5.48 Å². The van der Waals surface area contributed by atoms with E-state index >= 15 is 0 Å². The Labute approximate surface area is 145 Å². The van der Waals surface area contributed by atoms with Gasteiger partial charge in [0.1, 0.15) is 23.3 Å². The fraction of sp³-hybridized carbons (Fsp3) is 0.533. The zero-order valence-corrected chi connectivity index (χ0v) is 15.2. The molecule has 0 aromatic heterocycles. The maximum atomic E-state index is 13.3. The Balaban J connectivity index is 2.68. The summed E-state index contributed by atoms with van der Waals surface area (Å²) in [4.78, 5) is 16.3. The first-order valence-electron chi connectivity index (χ1n) is 7.31. The molecule has 1 N–H and O–H groups in total. The van der Waals surface area contributed by atoms with E-state index in [2.05, 4.69) is 0 Å². The van der Waals surface area contributed by atoms with E-state index in [1.165, 1.54) is 0 Å². The Morgan fingerprint density at radius 1 is 1.20 bits per heavy atom. The lowest BCUT2D eigenvalue weighted by molar-refractivity contribution is -0.0143. The molecule has 0 saturated heterocycles. The number of amides is 1. The van der Waals surface area contributed by atoms with Gasteiger partial charge in [0.15, 0.2) is 0 Å². The highest BCUT2D eigenvalue weighted by molar-refractivity contribution is 7.86. The summed E-state index contributed by atoms with van der Waals surface area (Å²) >= 11 is 0. The van der Waals surface area contributed by atoms with Gasteiger partial charge in [0.2, 0.25) is 0 Å². The van der Waals surface area contributed by atoms with Crippen molar-refractivity contribution < 1.29 is 35.8 Å². The topological polar surface area (TPSA) is 90.9 Å². The molecule has 142 valence electrons. The molecule has 0 bridgehead atoms. The number of hydrogen-bond acceptors (Lipinski definition) is 6. The summed E-state index contributed by atoms with van der Waals surface area (Å²) in [6.07, 6.45) is -1.29. The summed E-state index contributed by atoms with van der Waals surface area (Å²) in [7, 11) is -3.89. The van der Waals surface area contributed by atoms with Crippen molar-refractivity contribution in [3.05, 3.63) is 35.4 Å². The molecule has 1 aromatic carbocycles. The van der Waals surface area contributed by atoms with Gasteiger partial charge in [-0.25, -0.2) is 13.6 Å². The van der Waals surface area contributed by atoms with Crippen LogP contribution in [-0.4, -0.2) is 33.0 Å². The van der Waals surface area contributed by atoms with Crippen LogP contribution in [0.4, 0.5) is 13.6 Å². The molecule has 0 aliphatic carbocycles. The van der Waals surface area contributed by atoms with Crippen LogP contribution in [0.25, 0.3) is 0 Å². The summed E-state index contributed by atoms with van der Waals surface area (Å²) < 4.78 is 59.1. The number of nitrogens with one attached hydrogen (secondary N) is 1. The summed E-state index contributed by atoms with van der Waals surface area (Å²) in [5.41, 5.74) is 1.29. The van der Waals surface area contributed by atoms with Crippen molar-refractivity contribution in [3.63, 3.8) is 0 Å². The van der Waals surface area contributed by atoms with E-state index in [1.807, 2.05) is 5.48 Å². The van der Waals surface area contributed by atoms with Crippen molar-refractivity contribution in [2.75, 3.05) is 12.9 Å². The summed E-state index contributed by atoms with van der Waals surface area (Å²) in [6, 6.07) is 2.57. The van der Waals surface area contributed by atoms with E-state index in [0.29, 0.717) is 6.07 Å². The number of hydrogen-bond donors (Lipinski definition) is 1. The third-order valence-electron chi connectivity index (χ3n) is 2.58. The molecule has 0 fully saturated rings. The van der Waals surface area contributed by atoms with E-state index < -0.39 is 39.6 Å². The molecule has 0 spiro atoms. The Bertz CT molecular complexity index is 682. The number of carbonyl (C=O) groups excluding carboxylic acids is 1. The van der Waals surface area contributed by atoms with Crippen LogP contribution in [0.3, 0.4) is 0 Å². The smallest absolute Gasteiger partial charge is 0.431 e. The number of carbonyl (C=O) groups is 1. The summed E-state index contributed by atoms with van der Waals surface area (Å²) in [5, 5.41) is 0. The van der Waals surface area contributed by atoms with E-state index in [-0.39, 0.29) is 18.6 Å². The highest BCUT2D eigenvalue weighted by atomic mass is 32.2. The molecule has 10 heteroatoms. The van der Waals surface area contributed by atoms with Crippen LogP contribution in [0.5, 0.6) is 0 Å². The summed E-state index contributed by atoms with van der Waals surface area (Å²) in [6.45, 7) is 4.82. The zero-order valence-electron chi connectivity index (χ0n) is 14.3. The minimum atomic E-state index is -3.89. The van der Waals surface area contributed by atoms with Gasteiger partial charge >= 0.3 is 6.09 Å². The Hall–Kier alpha value is -1.78. The number of rotatable bonds is 7. The molecule has 0 aliphatic rings. The van der Waals surface area contributed by atoms with Gasteiger partial charge in [0.05, 0.1) is 12.9 Å². The van der Waals surface area contributed by atoms with Crippen molar-refractivity contribution >= 4 is 16.2 Å². The highest BCUT2D eigenvalue weighted by Gasteiger charge is 2.20. The van der Waals surface area contributed by atoms with Crippen molar-refractivity contribution in [3.8, 4) is 0 Å². The Morgan fingerprint density at radius 2 is 1.76 bits per heavy atom. The first-order chi connectivity index (χ1) is 11.4. The van der Waals surface area contributed by atoms with Gasteiger partial charge in [-0.1, -0.05) is 0 Å². The molecule has 0 heterocycles. The highest BCUT2D eigenvalue weighted by Crippen LogP contribution is 2.25. The van der Waals surface area contributed by atoms with Crippen molar-refractivity contribution in [2.24, 2.45) is 0 Å². The molecular weight excluding hydrogens is 360 g/mol. The van der Waals surface area contributed by atoms with Crippen LogP contribution in [0.1, 0.15) is 38.9 Å². The largest absolute Gasteiger partial charge is 0.442 e. The van der Waals surface area contributed by atoms with Crippen molar-refractivity contribution in [1.29, 1.82) is 0 Å². The number of halogens is 2. The van der Waals surface area contributed by atoms with Gasteiger partial charge in [-0.15, -0.1) is 0 Å². The monoisotopic (exact) mass is 381 g/mol. The number of ether oxygens (including phenoxy) is 1. The van der Waals surface area contributed by atoms with Crippen LogP contribution in [0.15, 0.2) is 18.2 Å². The minimum absolute atomic E-state index is 0.0104. The molecule has 1 rings (SSSR count). The second kappa shape index (κ2) is 8.54. The average Bonchev–Trinajstić information content (AvgIpc) is 2.37. The molecule has 1 amide bonds. The molecule has 0 unspecified atom stereocenters. The first-order valence-corrected chi connectivity index (χ1v) is 9.12. The Morgan fingerprint density at radius 3 is 2.24 bits per heavy atom. The number of hydroxylamine groups is 1. The van der Waals surface area contributed by atoms with E-state index in [1.54, 1.807) is 20.8 Å². The van der Waals surface area contributed by atoms with Gasteiger partial charge in [0.25, 0.3) is 10.1 Å². The average molecular weight is 381 g/mol. The maximum Gasteiger partial charge on any atom is 0.431 e. The summed E-state index contributed by atoms with van der Waals surface area (Å²) in [5.74, 6) is -1.74. The minimum Gasteiger partial charge on any atom is -0.442 e. The predicted octanol–water partition coefficient (Wildman–Crippen LogP) is 2.83. The fourth-order valence-electron chi connectivity index (χ4n) is 1.82. The van der Waals surface area contributed by atoms with Gasteiger partial charge in [0, 0.05) is 12.5 Å². The third-order valence-corrected chi connectivity index (χ3v) is 3.17. The second-order valence-electron chi connectivity index (χ2n) is 6.23. The van der Waals surface area contributed by atoms with E-state index in [4.69, 9.17) is 13.8 Å². The molecule has 1 aromatic rings. The van der Waals surface area contributed by atoms with E-state index in [0.717, 1.165) is 18.4 Å². The van der Waals surface area contributed by atoms with Crippen LogP contribution in [0, 0.1) is 11.6 Å². The molecular formula is C15H21F2NO6S. The van der Waals surface area contributed by atoms with Crippen LogP contribution in [0.2, 0.25) is 0 Å². The van der Waals surface area contributed by atoms with Gasteiger partial charge in [-0.05, 0) is 38.5 Å². The quantitative estimate of drug-likeness (QED) is 0.444. The van der Waals surface area contributed by atoms with Crippen LogP contribution >= 0.6 is 0 Å². The third kappa shape index (κ3) is 9.32. The fourth-order valence-corrected chi connectivity index (χ4v) is 2.45. The van der Waals surface area contributed by atoms with Gasteiger partial charge in [-0.2, -0.15) is 13.9 Å². The second-order valence-corrected chi connectivity index (χ2v) is 7.83. The molecule has 1 atom stereocenters. The first kappa shape index (κ1) is 21.3. The number of benzene rings is 1. The van der Waals surface area contributed by atoms with Crippen molar-refractivity contribution in [2.45, 2.75) is 38.9 Å². The molecule has 0 radical (unpaired) electrons.